The Kier molecular flexibility index (Phi) is 8.92. The van der Waals surface area contributed by atoms with Crippen LogP contribution in [0.3, 0.4) is 0 Å². The lowest BCUT2D eigenvalue weighted by atomic mass is 10.1. The van der Waals surface area contributed by atoms with Crippen LogP contribution in [-0.4, -0.2) is 66.7 Å². The number of carbonyl (C=O) groups excluding carboxylic acids is 2. The molecule has 0 aromatic rings. The molecule has 7 nitrogen and oxygen atoms in total. The zero-order valence-corrected chi connectivity index (χ0v) is 16.2. The van der Waals surface area contributed by atoms with Crippen molar-refractivity contribution in [2.75, 3.05) is 26.7 Å². The third-order valence-corrected chi connectivity index (χ3v) is 4.48. The minimum atomic E-state index is -0.637. The predicted molar refractivity (Wildman–Crippen MR) is 98.9 cm³/mol. The van der Waals surface area contributed by atoms with Gasteiger partial charge in [0.25, 0.3) is 0 Å². The summed E-state index contributed by atoms with van der Waals surface area (Å²) < 4.78 is 0. The first-order valence-electron chi connectivity index (χ1n) is 9.20. The summed E-state index contributed by atoms with van der Waals surface area (Å²) in [5, 5.41) is 17.6. The van der Waals surface area contributed by atoms with E-state index in [1.807, 2.05) is 18.9 Å². The smallest absolute Gasteiger partial charge is 0.243 e. The Labute approximate surface area is 151 Å². The maximum absolute atomic E-state index is 12.5. The van der Waals surface area contributed by atoms with Crippen molar-refractivity contribution in [1.82, 2.24) is 20.9 Å². The lowest BCUT2D eigenvalue weighted by Gasteiger charge is -2.33. The third-order valence-electron chi connectivity index (χ3n) is 4.48. The van der Waals surface area contributed by atoms with Gasteiger partial charge in [-0.3, -0.25) is 9.59 Å². The average molecular weight is 354 g/mol. The number of likely N-dealkylation sites (N-methyl/N-ethyl adjacent to an activating group) is 1. The van der Waals surface area contributed by atoms with E-state index >= 15 is 0 Å². The van der Waals surface area contributed by atoms with Gasteiger partial charge in [0.2, 0.25) is 11.8 Å². The van der Waals surface area contributed by atoms with Gasteiger partial charge in [0.05, 0.1) is 6.61 Å². The molecule has 3 atom stereocenters. The third kappa shape index (κ3) is 6.66. The second kappa shape index (κ2) is 10.4. The highest BCUT2D eigenvalue weighted by molar-refractivity contribution is 5.89. The minimum Gasteiger partial charge on any atom is -0.395 e. The van der Waals surface area contributed by atoms with Gasteiger partial charge in [0.15, 0.2) is 0 Å². The number of rotatable bonds is 11. The van der Waals surface area contributed by atoms with E-state index < -0.39 is 6.04 Å². The van der Waals surface area contributed by atoms with Gasteiger partial charge < -0.3 is 26.0 Å². The molecule has 144 valence electrons. The van der Waals surface area contributed by atoms with Gasteiger partial charge in [0.1, 0.15) is 12.1 Å². The molecule has 1 aliphatic rings. The fourth-order valence-corrected chi connectivity index (χ4v) is 2.75. The lowest BCUT2D eigenvalue weighted by Crippen LogP contribution is -2.52. The van der Waals surface area contributed by atoms with E-state index in [2.05, 4.69) is 29.8 Å². The number of aliphatic hydroxyl groups is 1. The molecule has 0 bridgehead atoms. The Balaban J connectivity index is 2.66. The minimum absolute atomic E-state index is 0.120. The molecule has 0 heterocycles. The molecular weight excluding hydrogens is 320 g/mol. The number of nitrogens with zero attached hydrogens (tertiary/aromatic N) is 1. The molecule has 1 aliphatic carbocycles. The average Bonchev–Trinajstić information content (AvgIpc) is 3.41. The van der Waals surface area contributed by atoms with Crippen molar-refractivity contribution in [3.8, 4) is 0 Å². The molecular formula is C18H34N4O3. The number of allylic oxidation sites excluding steroid dienone is 1. The standard InChI is InChI=1S/C18H34N4O3/c1-6-9-19-12(2)16(15-7-8-15)22(5)14(4)18(25)21-13(3)17(24)20-10-11-23/h12-14,19,23H,6-11H2,1-5H3,(H,20,24)(H,21,25)/t12?,13-,14?/m0/s1. The molecule has 0 aliphatic heterocycles. The predicted octanol–water partition coefficient (Wildman–Crippen LogP) is 0.356. The Hall–Kier alpha value is -1.60. The van der Waals surface area contributed by atoms with Crippen LogP contribution in [0.4, 0.5) is 0 Å². The van der Waals surface area contributed by atoms with Crippen LogP contribution >= 0.6 is 0 Å². The van der Waals surface area contributed by atoms with Crippen LogP contribution in [0.25, 0.3) is 0 Å². The Morgan fingerprint density at radius 1 is 1.12 bits per heavy atom. The summed E-state index contributed by atoms with van der Waals surface area (Å²) in [6, 6.07) is -0.812. The maximum Gasteiger partial charge on any atom is 0.243 e. The first-order chi connectivity index (χ1) is 11.8. The van der Waals surface area contributed by atoms with Crippen molar-refractivity contribution in [3.63, 3.8) is 0 Å². The van der Waals surface area contributed by atoms with Crippen LogP contribution in [0.2, 0.25) is 0 Å². The van der Waals surface area contributed by atoms with Gasteiger partial charge in [-0.2, -0.15) is 0 Å². The molecule has 0 saturated heterocycles. The summed E-state index contributed by atoms with van der Waals surface area (Å²) in [5.74, 6) is -0.480. The van der Waals surface area contributed by atoms with Crippen molar-refractivity contribution < 1.29 is 14.7 Å². The molecule has 4 N–H and O–H groups in total. The van der Waals surface area contributed by atoms with Gasteiger partial charge in [0, 0.05) is 25.3 Å². The molecule has 25 heavy (non-hydrogen) atoms. The van der Waals surface area contributed by atoms with Crippen molar-refractivity contribution in [2.24, 2.45) is 0 Å². The van der Waals surface area contributed by atoms with E-state index in [4.69, 9.17) is 5.11 Å². The van der Waals surface area contributed by atoms with Crippen molar-refractivity contribution >= 4 is 11.8 Å². The highest BCUT2D eigenvalue weighted by atomic mass is 16.3. The van der Waals surface area contributed by atoms with Crippen LogP contribution in [0.15, 0.2) is 11.3 Å². The highest BCUT2D eigenvalue weighted by Crippen LogP contribution is 2.34. The number of aliphatic hydroxyl groups excluding tert-OH is 1. The Morgan fingerprint density at radius 3 is 2.28 bits per heavy atom. The second-order valence-electron chi connectivity index (χ2n) is 6.70. The second-order valence-corrected chi connectivity index (χ2v) is 6.70. The number of amides is 2. The topological polar surface area (TPSA) is 93.7 Å². The molecule has 0 spiro atoms. The molecule has 7 heteroatoms. The van der Waals surface area contributed by atoms with E-state index in [1.54, 1.807) is 6.92 Å². The summed E-state index contributed by atoms with van der Waals surface area (Å²) in [7, 11) is 1.94. The van der Waals surface area contributed by atoms with Gasteiger partial charge in [-0.05, 0) is 52.2 Å². The summed E-state index contributed by atoms with van der Waals surface area (Å²) in [5.41, 5.74) is 2.58. The van der Waals surface area contributed by atoms with Crippen molar-refractivity contribution in [1.29, 1.82) is 0 Å². The molecule has 2 unspecified atom stereocenters. The van der Waals surface area contributed by atoms with Gasteiger partial charge in [-0.15, -0.1) is 0 Å². The van der Waals surface area contributed by atoms with E-state index in [-0.39, 0.29) is 37.0 Å². The molecule has 1 rings (SSSR count). The molecule has 0 aromatic carbocycles. The first-order valence-corrected chi connectivity index (χ1v) is 9.20. The van der Waals surface area contributed by atoms with Crippen LogP contribution in [-0.2, 0) is 9.59 Å². The molecule has 1 fully saturated rings. The van der Waals surface area contributed by atoms with Crippen LogP contribution in [0.1, 0.15) is 47.0 Å². The van der Waals surface area contributed by atoms with Crippen LogP contribution in [0, 0.1) is 0 Å². The fraction of sp³-hybridized carbons (Fsp3) is 0.778. The SMILES string of the molecule is CCCNC(C)C(=C1CC1)N(C)C(C)C(=O)N[C@@H](C)C(=O)NCCO. The Morgan fingerprint density at radius 2 is 1.76 bits per heavy atom. The monoisotopic (exact) mass is 354 g/mol. The highest BCUT2D eigenvalue weighted by Gasteiger charge is 2.30. The molecule has 2 amide bonds. The number of carbonyl (C=O) groups is 2. The van der Waals surface area contributed by atoms with Crippen molar-refractivity contribution in [3.05, 3.63) is 11.3 Å². The van der Waals surface area contributed by atoms with E-state index in [1.165, 1.54) is 11.3 Å². The zero-order chi connectivity index (χ0) is 19.0. The first kappa shape index (κ1) is 21.4. The van der Waals surface area contributed by atoms with Gasteiger partial charge in [-0.25, -0.2) is 0 Å². The van der Waals surface area contributed by atoms with Gasteiger partial charge in [-0.1, -0.05) is 6.92 Å². The number of hydrogen-bond donors (Lipinski definition) is 4. The fourth-order valence-electron chi connectivity index (χ4n) is 2.75. The van der Waals surface area contributed by atoms with Crippen LogP contribution < -0.4 is 16.0 Å². The number of nitrogens with one attached hydrogen (secondary N) is 3. The Bertz CT molecular complexity index is 487. The molecule has 1 saturated carbocycles. The molecule has 0 aromatic heterocycles. The van der Waals surface area contributed by atoms with Crippen LogP contribution in [0.5, 0.6) is 0 Å². The number of hydrogen-bond acceptors (Lipinski definition) is 5. The van der Waals surface area contributed by atoms with Gasteiger partial charge >= 0.3 is 0 Å². The quantitative estimate of drug-likeness (QED) is 0.430. The van der Waals surface area contributed by atoms with E-state index in [0.29, 0.717) is 0 Å². The summed E-state index contributed by atoms with van der Waals surface area (Å²) in [6.07, 6.45) is 3.24. The normalized spacial score (nSPS) is 16.6. The summed E-state index contributed by atoms with van der Waals surface area (Å²) in [6.45, 7) is 8.76. The largest absolute Gasteiger partial charge is 0.395 e. The lowest BCUT2D eigenvalue weighted by molar-refractivity contribution is -0.130. The van der Waals surface area contributed by atoms with Crippen molar-refractivity contribution in [2.45, 2.75) is 65.1 Å². The molecule has 0 radical (unpaired) electrons. The van der Waals surface area contributed by atoms with E-state index in [9.17, 15) is 9.59 Å². The summed E-state index contributed by atoms with van der Waals surface area (Å²) >= 11 is 0. The zero-order valence-electron chi connectivity index (χ0n) is 16.2. The summed E-state index contributed by atoms with van der Waals surface area (Å²) in [4.78, 5) is 26.4. The maximum atomic E-state index is 12.5. The van der Waals surface area contributed by atoms with E-state index in [0.717, 1.165) is 25.8 Å².